The fourth-order valence-corrected chi connectivity index (χ4v) is 2.35. The van der Waals surface area contributed by atoms with Crippen LogP contribution in [0, 0.1) is 11.3 Å². The van der Waals surface area contributed by atoms with Crippen molar-refractivity contribution >= 4 is 17.5 Å². The first-order valence-electron chi connectivity index (χ1n) is 8.35. The molecule has 0 spiro atoms. The Bertz CT molecular complexity index is 795. The Hall–Kier alpha value is -3.33. The highest BCUT2D eigenvalue weighted by atomic mass is 16.5. The van der Waals surface area contributed by atoms with Crippen LogP contribution in [0.5, 0.6) is 5.75 Å². The molecule has 0 fully saturated rings. The van der Waals surface area contributed by atoms with Crippen molar-refractivity contribution in [2.45, 2.75) is 26.3 Å². The molecule has 0 aliphatic heterocycles. The average molecular weight is 351 g/mol. The second-order valence-electron chi connectivity index (χ2n) is 5.61. The maximum atomic E-state index is 12.1. The Labute approximate surface area is 152 Å². The molecule has 6 heteroatoms. The number of hydrogen-bond acceptors (Lipinski definition) is 4. The Morgan fingerprint density at radius 3 is 2.54 bits per heavy atom. The molecule has 26 heavy (non-hydrogen) atoms. The predicted octanol–water partition coefficient (Wildman–Crippen LogP) is 2.80. The summed E-state index contributed by atoms with van der Waals surface area (Å²) in [6.07, 6.45) is 0.0913. The molecule has 6 nitrogen and oxygen atoms in total. The molecule has 2 rings (SSSR count). The fourth-order valence-electron chi connectivity index (χ4n) is 2.35. The molecule has 0 saturated heterocycles. The van der Waals surface area contributed by atoms with E-state index < -0.39 is 0 Å². The van der Waals surface area contributed by atoms with Crippen LogP contribution in [0.3, 0.4) is 0 Å². The SMILES string of the molecule is CCOc1ccc(CC(=O)NCc2cccc(NC(=O)CC#N)c2)cc1. The first kappa shape index (κ1) is 19.0. The van der Waals surface area contributed by atoms with Gasteiger partial charge in [0.25, 0.3) is 0 Å². The van der Waals surface area contributed by atoms with Crippen molar-refractivity contribution in [3.05, 3.63) is 59.7 Å². The molecule has 0 heterocycles. The quantitative estimate of drug-likeness (QED) is 0.765. The van der Waals surface area contributed by atoms with Crippen molar-refractivity contribution in [1.29, 1.82) is 5.26 Å². The highest BCUT2D eigenvalue weighted by molar-refractivity contribution is 5.92. The molecule has 0 radical (unpaired) electrons. The lowest BCUT2D eigenvalue weighted by Gasteiger charge is -2.09. The molecule has 2 aromatic rings. The van der Waals surface area contributed by atoms with E-state index in [1.807, 2.05) is 37.3 Å². The Morgan fingerprint density at radius 1 is 1.08 bits per heavy atom. The van der Waals surface area contributed by atoms with E-state index in [-0.39, 0.29) is 24.7 Å². The first-order valence-corrected chi connectivity index (χ1v) is 8.35. The van der Waals surface area contributed by atoms with Crippen LogP contribution >= 0.6 is 0 Å². The van der Waals surface area contributed by atoms with Gasteiger partial charge in [-0.1, -0.05) is 24.3 Å². The molecule has 0 unspecified atom stereocenters. The molecule has 0 saturated carbocycles. The first-order chi connectivity index (χ1) is 12.6. The molecule has 0 aliphatic carbocycles. The minimum absolute atomic E-state index is 0.0897. The lowest BCUT2D eigenvalue weighted by atomic mass is 10.1. The highest BCUT2D eigenvalue weighted by Crippen LogP contribution is 2.13. The van der Waals surface area contributed by atoms with Crippen LogP contribution in [0.2, 0.25) is 0 Å². The third-order valence-corrected chi connectivity index (χ3v) is 3.54. The summed E-state index contributed by atoms with van der Waals surface area (Å²) in [5, 5.41) is 14.0. The zero-order valence-electron chi connectivity index (χ0n) is 14.6. The summed E-state index contributed by atoms with van der Waals surface area (Å²) in [5.41, 5.74) is 2.37. The van der Waals surface area contributed by atoms with E-state index in [1.165, 1.54) is 0 Å². The summed E-state index contributed by atoms with van der Waals surface area (Å²) in [5.74, 6) is 0.337. The summed E-state index contributed by atoms with van der Waals surface area (Å²) in [7, 11) is 0. The van der Waals surface area contributed by atoms with Crippen LogP contribution in [-0.4, -0.2) is 18.4 Å². The van der Waals surface area contributed by atoms with E-state index in [2.05, 4.69) is 10.6 Å². The van der Waals surface area contributed by atoms with E-state index >= 15 is 0 Å². The van der Waals surface area contributed by atoms with Gasteiger partial charge >= 0.3 is 0 Å². The molecule has 2 N–H and O–H groups in total. The van der Waals surface area contributed by atoms with Gasteiger partial charge in [0.05, 0.1) is 19.1 Å². The zero-order chi connectivity index (χ0) is 18.8. The maximum Gasteiger partial charge on any atom is 0.238 e. The molecular weight excluding hydrogens is 330 g/mol. The normalized spacial score (nSPS) is 9.85. The van der Waals surface area contributed by atoms with Crippen molar-refractivity contribution in [2.75, 3.05) is 11.9 Å². The highest BCUT2D eigenvalue weighted by Gasteiger charge is 2.05. The number of anilines is 1. The van der Waals surface area contributed by atoms with Crippen molar-refractivity contribution in [1.82, 2.24) is 5.32 Å². The molecule has 0 bridgehead atoms. The standard InChI is InChI=1S/C20H21N3O3/c1-2-26-18-8-6-15(7-9-18)13-20(25)22-14-16-4-3-5-17(12-16)23-19(24)10-11-21/h3-9,12H,2,10,13-14H2,1H3,(H,22,25)(H,23,24). The number of nitriles is 1. The van der Waals surface area contributed by atoms with Crippen LogP contribution in [0.15, 0.2) is 48.5 Å². The summed E-state index contributed by atoms with van der Waals surface area (Å²) >= 11 is 0. The topological polar surface area (TPSA) is 91.2 Å². The number of benzene rings is 2. The van der Waals surface area contributed by atoms with E-state index in [0.29, 0.717) is 18.8 Å². The summed E-state index contributed by atoms with van der Waals surface area (Å²) in [4.78, 5) is 23.5. The second kappa shape index (κ2) is 9.84. The van der Waals surface area contributed by atoms with Gasteiger partial charge in [-0.05, 0) is 42.3 Å². The number of carbonyl (C=O) groups excluding carboxylic acids is 2. The lowest BCUT2D eigenvalue weighted by molar-refractivity contribution is -0.120. The zero-order valence-corrected chi connectivity index (χ0v) is 14.6. The minimum Gasteiger partial charge on any atom is -0.494 e. The van der Waals surface area contributed by atoms with Crippen LogP contribution in [0.1, 0.15) is 24.5 Å². The van der Waals surface area contributed by atoms with Crippen molar-refractivity contribution < 1.29 is 14.3 Å². The van der Waals surface area contributed by atoms with Gasteiger partial charge in [-0.15, -0.1) is 0 Å². The van der Waals surface area contributed by atoms with E-state index in [0.717, 1.165) is 16.9 Å². The molecule has 2 aromatic carbocycles. The third-order valence-electron chi connectivity index (χ3n) is 3.54. The number of nitrogens with one attached hydrogen (secondary N) is 2. The van der Waals surface area contributed by atoms with Crippen molar-refractivity contribution in [3.8, 4) is 11.8 Å². The number of ether oxygens (including phenoxy) is 1. The van der Waals surface area contributed by atoms with Gasteiger partial charge < -0.3 is 15.4 Å². The smallest absolute Gasteiger partial charge is 0.238 e. The second-order valence-corrected chi connectivity index (χ2v) is 5.61. The minimum atomic E-state index is -0.357. The van der Waals surface area contributed by atoms with Gasteiger partial charge in [0.15, 0.2) is 0 Å². The van der Waals surface area contributed by atoms with Gasteiger partial charge in [0, 0.05) is 12.2 Å². The van der Waals surface area contributed by atoms with E-state index in [1.54, 1.807) is 24.3 Å². The molecule has 0 atom stereocenters. The monoisotopic (exact) mass is 351 g/mol. The molecule has 0 aliphatic rings. The third kappa shape index (κ3) is 6.29. The summed E-state index contributed by atoms with van der Waals surface area (Å²) in [6, 6.07) is 16.4. The number of nitrogens with zero attached hydrogens (tertiary/aromatic N) is 1. The van der Waals surface area contributed by atoms with Gasteiger partial charge in [0.1, 0.15) is 12.2 Å². The van der Waals surface area contributed by atoms with Gasteiger partial charge in [-0.2, -0.15) is 5.26 Å². The van der Waals surface area contributed by atoms with Crippen LogP contribution in [0.4, 0.5) is 5.69 Å². The van der Waals surface area contributed by atoms with Crippen molar-refractivity contribution in [2.24, 2.45) is 0 Å². The molecular formula is C20H21N3O3. The Kier molecular flexibility index (Phi) is 7.19. The van der Waals surface area contributed by atoms with Gasteiger partial charge in [-0.3, -0.25) is 9.59 Å². The summed E-state index contributed by atoms with van der Waals surface area (Å²) in [6.45, 7) is 2.89. The number of amides is 2. The number of rotatable bonds is 8. The molecule has 2 amide bonds. The largest absolute Gasteiger partial charge is 0.494 e. The van der Waals surface area contributed by atoms with E-state index in [4.69, 9.17) is 10.00 Å². The molecule has 134 valence electrons. The fraction of sp³-hybridized carbons (Fsp3) is 0.250. The van der Waals surface area contributed by atoms with Crippen LogP contribution < -0.4 is 15.4 Å². The van der Waals surface area contributed by atoms with Gasteiger partial charge in [-0.25, -0.2) is 0 Å². The van der Waals surface area contributed by atoms with Crippen molar-refractivity contribution in [3.63, 3.8) is 0 Å². The summed E-state index contributed by atoms with van der Waals surface area (Å²) < 4.78 is 5.38. The predicted molar refractivity (Wildman–Crippen MR) is 98.5 cm³/mol. The van der Waals surface area contributed by atoms with E-state index in [9.17, 15) is 9.59 Å². The molecule has 0 aromatic heterocycles. The van der Waals surface area contributed by atoms with Crippen LogP contribution in [0.25, 0.3) is 0 Å². The Morgan fingerprint density at radius 2 is 1.85 bits per heavy atom. The van der Waals surface area contributed by atoms with Gasteiger partial charge in [0.2, 0.25) is 11.8 Å². The average Bonchev–Trinajstić information content (AvgIpc) is 2.62. The number of carbonyl (C=O) groups is 2. The maximum absolute atomic E-state index is 12.1. The number of hydrogen-bond donors (Lipinski definition) is 2. The lowest BCUT2D eigenvalue weighted by Crippen LogP contribution is -2.24. The van der Waals surface area contributed by atoms with Crippen LogP contribution in [-0.2, 0) is 22.6 Å². The Balaban J connectivity index is 1.85.